The number of hydrogen-bond donors (Lipinski definition) is 2. The summed E-state index contributed by atoms with van der Waals surface area (Å²) in [7, 11) is 0. The lowest BCUT2D eigenvalue weighted by Crippen LogP contribution is -2.48. The van der Waals surface area contributed by atoms with E-state index in [1.807, 2.05) is 11.8 Å². The topological polar surface area (TPSA) is 52.6 Å². The van der Waals surface area contributed by atoms with E-state index in [1.54, 1.807) is 18.2 Å². The fraction of sp³-hybridized carbons (Fsp3) is 0.500. The number of β-amino-alcohol motifs (C(OH)–C–C–N with tert-alkyl or cyclic N) is 1. The summed E-state index contributed by atoms with van der Waals surface area (Å²) in [5.41, 5.74) is 0.547. The first-order valence-corrected chi connectivity index (χ1v) is 7.41. The number of nitrogens with one attached hydrogen (secondary N) is 1. The van der Waals surface area contributed by atoms with Gasteiger partial charge in [-0.3, -0.25) is 9.69 Å². The molecule has 1 fully saturated rings. The molecule has 6 heteroatoms. The predicted octanol–water partition coefficient (Wildman–Crippen LogP) is 2.78. The zero-order chi connectivity index (χ0) is 14.7. The minimum Gasteiger partial charge on any atom is -0.392 e. The van der Waals surface area contributed by atoms with E-state index in [4.69, 9.17) is 23.2 Å². The van der Waals surface area contributed by atoms with Gasteiger partial charge in [0.25, 0.3) is 0 Å². The van der Waals surface area contributed by atoms with Crippen LogP contribution in [0.5, 0.6) is 0 Å². The summed E-state index contributed by atoms with van der Waals surface area (Å²) >= 11 is 11.9. The second kappa shape index (κ2) is 6.76. The van der Waals surface area contributed by atoms with Crippen molar-refractivity contribution in [2.75, 3.05) is 18.4 Å². The van der Waals surface area contributed by atoms with Gasteiger partial charge in [0, 0.05) is 11.6 Å². The molecule has 2 N–H and O–H groups in total. The molecule has 1 saturated heterocycles. The highest BCUT2D eigenvalue weighted by atomic mass is 35.5. The molecule has 2 unspecified atom stereocenters. The van der Waals surface area contributed by atoms with Crippen LogP contribution in [0.3, 0.4) is 0 Å². The van der Waals surface area contributed by atoms with Crippen LogP contribution in [0.1, 0.15) is 19.8 Å². The van der Waals surface area contributed by atoms with E-state index in [9.17, 15) is 9.90 Å². The number of benzene rings is 1. The number of anilines is 1. The van der Waals surface area contributed by atoms with E-state index >= 15 is 0 Å². The number of carbonyl (C=O) groups excluding carboxylic acids is 1. The Morgan fingerprint density at radius 2 is 2.25 bits per heavy atom. The van der Waals surface area contributed by atoms with E-state index in [1.165, 1.54) is 0 Å². The molecular weight excluding hydrogens is 299 g/mol. The lowest BCUT2D eigenvalue weighted by atomic mass is 10.1. The maximum Gasteiger partial charge on any atom is 0.241 e. The van der Waals surface area contributed by atoms with Gasteiger partial charge in [-0.25, -0.2) is 0 Å². The van der Waals surface area contributed by atoms with Crippen molar-refractivity contribution in [3.05, 3.63) is 28.2 Å². The number of amides is 1. The second-order valence-electron chi connectivity index (χ2n) is 5.08. The molecule has 0 aromatic heterocycles. The summed E-state index contributed by atoms with van der Waals surface area (Å²) in [4.78, 5) is 14.2. The Morgan fingerprint density at radius 1 is 1.50 bits per heavy atom. The predicted molar refractivity (Wildman–Crippen MR) is 81.4 cm³/mol. The van der Waals surface area contributed by atoms with Crippen molar-refractivity contribution < 1.29 is 9.90 Å². The minimum atomic E-state index is -0.349. The molecule has 1 aliphatic rings. The molecule has 1 aromatic carbocycles. The number of aliphatic hydroxyl groups is 1. The van der Waals surface area contributed by atoms with Crippen LogP contribution in [0.25, 0.3) is 0 Å². The number of halogens is 2. The lowest BCUT2D eigenvalue weighted by Gasteiger charge is -2.34. The van der Waals surface area contributed by atoms with Crippen molar-refractivity contribution in [2.24, 2.45) is 0 Å². The van der Waals surface area contributed by atoms with Gasteiger partial charge < -0.3 is 10.4 Å². The van der Waals surface area contributed by atoms with E-state index in [0.29, 0.717) is 22.3 Å². The Hall–Kier alpha value is -0.810. The summed E-state index contributed by atoms with van der Waals surface area (Å²) in [5.74, 6) is -0.136. The molecule has 1 aromatic rings. The average Bonchev–Trinajstić information content (AvgIpc) is 2.41. The van der Waals surface area contributed by atoms with Crippen LogP contribution in [0.15, 0.2) is 18.2 Å². The average molecular weight is 317 g/mol. The van der Waals surface area contributed by atoms with Gasteiger partial charge in [-0.2, -0.15) is 0 Å². The molecule has 2 atom stereocenters. The summed E-state index contributed by atoms with van der Waals surface area (Å²) in [6, 6.07) is 4.64. The SMILES string of the molecule is CC(C(=O)Nc1ccc(Cl)cc1Cl)N1CCCC(O)C1. The standard InChI is InChI=1S/C14H18Cl2N2O2/c1-9(18-6-2-3-11(19)8-18)14(20)17-13-5-4-10(15)7-12(13)16/h4-5,7,9,11,19H,2-3,6,8H2,1H3,(H,17,20). The normalized spacial score (nSPS) is 21.5. The number of likely N-dealkylation sites (tertiary alicyclic amines) is 1. The third kappa shape index (κ3) is 3.85. The Labute approximate surface area is 128 Å². The first-order chi connectivity index (χ1) is 9.47. The molecule has 0 aliphatic carbocycles. The fourth-order valence-corrected chi connectivity index (χ4v) is 2.78. The maximum absolute atomic E-state index is 12.2. The minimum absolute atomic E-state index is 0.136. The summed E-state index contributed by atoms with van der Waals surface area (Å²) < 4.78 is 0. The van der Waals surface area contributed by atoms with Crippen LogP contribution in [0.2, 0.25) is 10.0 Å². The first kappa shape index (κ1) is 15.6. The van der Waals surface area contributed by atoms with Crippen molar-refractivity contribution in [3.8, 4) is 0 Å². The van der Waals surface area contributed by atoms with E-state index in [0.717, 1.165) is 19.4 Å². The van der Waals surface area contributed by atoms with Crippen LogP contribution in [0.4, 0.5) is 5.69 Å². The van der Waals surface area contributed by atoms with Gasteiger partial charge >= 0.3 is 0 Å². The fourth-order valence-electron chi connectivity index (χ4n) is 2.33. The van der Waals surface area contributed by atoms with Crippen molar-refractivity contribution in [1.82, 2.24) is 4.90 Å². The molecule has 0 radical (unpaired) electrons. The number of piperidine rings is 1. The van der Waals surface area contributed by atoms with Crippen molar-refractivity contribution >= 4 is 34.8 Å². The highest BCUT2D eigenvalue weighted by Gasteiger charge is 2.26. The number of rotatable bonds is 3. The van der Waals surface area contributed by atoms with Crippen LogP contribution < -0.4 is 5.32 Å². The van der Waals surface area contributed by atoms with Gasteiger partial charge in [-0.15, -0.1) is 0 Å². The summed E-state index contributed by atoms with van der Waals surface area (Å²) in [6.45, 7) is 3.18. The molecule has 1 heterocycles. The van der Waals surface area contributed by atoms with Gasteiger partial charge in [0.15, 0.2) is 0 Å². The smallest absolute Gasteiger partial charge is 0.241 e. The van der Waals surface area contributed by atoms with Gasteiger partial charge in [0.05, 0.1) is 22.9 Å². The first-order valence-electron chi connectivity index (χ1n) is 6.65. The molecule has 1 aliphatic heterocycles. The van der Waals surface area contributed by atoms with Crippen molar-refractivity contribution in [2.45, 2.75) is 31.9 Å². The Balaban J connectivity index is 2.00. The van der Waals surface area contributed by atoms with Gasteiger partial charge in [-0.05, 0) is 44.5 Å². The molecule has 0 bridgehead atoms. The summed E-state index contributed by atoms with van der Waals surface area (Å²) in [6.07, 6.45) is 1.35. The third-order valence-electron chi connectivity index (χ3n) is 3.54. The highest BCUT2D eigenvalue weighted by Crippen LogP contribution is 2.25. The van der Waals surface area contributed by atoms with Crippen LogP contribution in [-0.4, -0.2) is 41.1 Å². The summed E-state index contributed by atoms with van der Waals surface area (Å²) in [5, 5.41) is 13.4. The van der Waals surface area contributed by atoms with Gasteiger partial charge in [-0.1, -0.05) is 23.2 Å². The van der Waals surface area contributed by atoms with Crippen molar-refractivity contribution in [1.29, 1.82) is 0 Å². The molecule has 20 heavy (non-hydrogen) atoms. The molecule has 4 nitrogen and oxygen atoms in total. The maximum atomic E-state index is 12.2. The molecule has 110 valence electrons. The molecular formula is C14H18Cl2N2O2. The van der Waals surface area contributed by atoms with Gasteiger partial charge in [0.1, 0.15) is 0 Å². The second-order valence-corrected chi connectivity index (χ2v) is 5.92. The van der Waals surface area contributed by atoms with E-state index < -0.39 is 0 Å². The molecule has 2 rings (SSSR count). The molecule has 0 saturated carbocycles. The zero-order valence-corrected chi connectivity index (χ0v) is 12.8. The Bertz CT molecular complexity index is 496. The largest absolute Gasteiger partial charge is 0.392 e. The zero-order valence-electron chi connectivity index (χ0n) is 11.3. The van der Waals surface area contributed by atoms with Crippen molar-refractivity contribution in [3.63, 3.8) is 0 Å². The molecule has 1 amide bonds. The lowest BCUT2D eigenvalue weighted by molar-refractivity contribution is -0.121. The Morgan fingerprint density at radius 3 is 2.90 bits per heavy atom. The number of hydrogen-bond acceptors (Lipinski definition) is 3. The van der Waals surface area contributed by atoms with Crippen LogP contribution in [-0.2, 0) is 4.79 Å². The monoisotopic (exact) mass is 316 g/mol. The van der Waals surface area contributed by atoms with Crippen LogP contribution >= 0.6 is 23.2 Å². The number of aliphatic hydroxyl groups excluding tert-OH is 1. The number of carbonyl (C=O) groups is 1. The Kier molecular flexibility index (Phi) is 5.27. The van der Waals surface area contributed by atoms with E-state index in [2.05, 4.69) is 5.32 Å². The van der Waals surface area contributed by atoms with Gasteiger partial charge in [0.2, 0.25) is 5.91 Å². The quantitative estimate of drug-likeness (QED) is 0.901. The number of nitrogens with zero attached hydrogens (tertiary/aromatic N) is 1. The third-order valence-corrected chi connectivity index (χ3v) is 4.09. The molecule has 0 spiro atoms. The van der Waals surface area contributed by atoms with E-state index in [-0.39, 0.29) is 18.1 Å². The van der Waals surface area contributed by atoms with Crippen LogP contribution in [0, 0.1) is 0 Å². The highest BCUT2D eigenvalue weighted by molar-refractivity contribution is 6.36.